The Labute approximate surface area is 88.8 Å². The number of rotatable bonds is 3. The molecule has 2 nitrogen and oxygen atoms in total. The van der Waals surface area contributed by atoms with Gasteiger partial charge in [-0.2, -0.15) is 0 Å². The van der Waals surface area contributed by atoms with E-state index in [0.29, 0.717) is 11.6 Å². The van der Waals surface area contributed by atoms with E-state index in [2.05, 4.69) is 0 Å². The third-order valence-electron chi connectivity index (χ3n) is 1.85. The molecule has 0 saturated heterocycles. The maximum absolute atomic E-state index is 11.2. The van der Waals surface area contributed by atoms with Crippen LogP contribution in [0.2, 0.25) is 5.02 Å². The highest BCUT2D eigenvalue weighted by Gasteiger charge is 2.07. The van der Waals surface area contributed by atoms with E-state index in [9.17, 15) is 4.79 Å². The molecule has 0 aliphatic rings. The maximum atomic E-state index is 11.2. The fourth-order valence-corrected chi connectivity index (χ4v) is 1.47. The highest BCUT2D eigenvalue weighted by atomic mass is 35.5. The lowest BCUT2D eigenvalue weighted by Gasteiger charge is -2.04. The third kappa shape index (κ3) is 3.04. The number of carbonyl (C=O) groups excluding carboxylic acids is 1. The van der Waals surface area contributed by atoms with E-state index < -0.39 is 0 Å². The van der Waals surface area contributed by atoms with Crippen LogP contribution in [0.3, 0.4) is 0 Å². The lowest BCUT2D eigenvalue weighted by molar-refractivity contribution is -0.142. The molecular weight excluding hydrogens is 200 g/mol. The van der Waals surface area contributed by atoms with Crippen LogP contribution in [0.5, 0.6) is 0 Å². The van der Waals surface area contributed by atoms with Crippen molar-refractivity contribution in [1.82, 2.24) is 0 Å². The summed E-state index contributed by atoms with van der Waals surface area (Å²) in [6, 6.07) is 5.63. The van der Waals surface area contributed by atoms with Crippen LogP contribution >= 0.6 is 11.6 Å². The molecule has 1 rings (SSSR count). The minimum Gasteiger partial charge on any atom is -0.466 e. The maximum Gasteiger partial charge on any atom is 0.310 e. The first-order chi connectivity index (χ1) is 6.63. The Kier molecular flexibility index (Phi) is 3.96. The molecule has 0 radical (unpaired) electrons. The summed E-state index contributed by atoms with van der Waals surface area (Å²) in [5.74, 6) is -0.238. The summed E-state index contributed by atoms with van der Waals surface area (Å²) in [4.78, 5) is 11.2. The Morgan fingerprint density at radius 3 is 2.79 bits per heavy atom. The molecule has 0 spiro atoms. The van der Waals surface area contributed by atoms with Crippen LogP contribution < -0.4 is 0 Å². The molecule has 0 aliphatic carbocycles. The van der Waals surface area contributed by atoms with Crippen molar-refractivity contribution < 1.29 is 9.53 Å². The van der Waals surface area contributed by atoms with Crippen LogP contribution in [0, 0.1) is 6.92 Å². The molecule has 14 heavy (non-hydrogen) atoms. The third-order valence-corrected chi connectivity index (χ3v) is 2.20. The summed E-state index contributed by atoms with van der Waals surface area (Å²) < 4.78 is 4.83. The van der Waals surface area contributed by atoms with E-state index in [4.69, 9.17) is 16.3 Å². The van der Waals surface area contributed by atoms with Crippen molar-refractivity contribution in [2.45, 2.75) is 20.3 Å². The minimum atomic E-state index is -0.238. The molecule has 0 saturated carbocycles. The lowest BCUT2D eigenvalue weighted by Crippen LogP contribution is -2.07. The summed E-state index contributed by atoms with van der Waals surface area (Å²) in [6.45, 7) is 4.15. The van der Waals surface area contributed by atoms with E-state index in [1.807, 2.05) is 25.1 Å². The van der Waals surface area contributed by atoms with E-state index in [-0.39, 0.29) is 12.4 Å². The second-order valence-electron chi connectivity index (χ2n) is 3.08. The molecule has 0 amide bonds. The summed E-state index contributed by atoms with van der Waals surface area (Å²) in [5.41, 5.74) is 1.90. The van der Waals surface area contributed by atoms with Crippen molar-refractivity contribution in [3.05, 3.63) is 34.3 Å². The quantitative estimate of drug-likeness (QED) is 0.721. The van der Waals surface area contributed by atoms with E-state index in [0.717, 1.165) is 11.1 Å². The molecule has 0 unspecified atom stereocenters. The average molecular weight is 213 g/mol. The Morgan fingerprint density at radius 1 is 1.50 bits per heavy atom. The van der Waals surface area contributed by atoms with Gasteiger partial charge in [-0.3, -0.25) is 4.79 Å². The molecule has 3 heteroatoms. The predicted molar refractivity (Wildman–Crippen MR) is 56.5 cm³/mol. The van der Waals surface area contributed by atoms with Crippen molar-refractivity contribution >= 4 is 17.6 Å². The van der Waals surface area contributed by atoms with Crippen molar-refractivity contribution in [3.8, 4) is 0 Å². The minimum absolute atomic E-state index is 0.238. The monoisotopic (exact) mass is 212 g/mol. The Morgan fingerprint density at radius 2 is 2.21 bits per heavy atom. The summed E-state index contributed by atoms with van der Waals surface area (Å²) in [6.07, 6.45) is 0.243. The van der Waals surface area contributed by atoms with Crippen LogP contribution in [0.1, 0.15) is 18.1 Å². The number of benzene rings is 1. The molecule has 1 aromatic rings. The normalized spacial score (nSPS) is 9.93. The van der Waals surface area contributed by atoms with Crippen molar-refractivity contribution in [2.24, 2.45) is 0 Å². The SMILES string of the molecule is CCOC(=O)Cc1ccc(C)cc1Cl. The van der Waals surface area contributed by atoms with Gasteiger partial charge >= 0.3 is 5.97 Å². The molecule has 0 N–H and O–H groups in total. The number of esters is 1. The van der Waals surface area contributed by atoms with Crippen molar-refractivity contribution in [2.75, 3.05) is 6.61 Å². The fourth-order valence-electron chi connectivity index (χ4n) is 1.16. The zero-order chi connectivity index (χ0) is 10.6. The van der Waals surface area contributed by atoms with Crippen molar-refractivity contribution in [3.63, 3.8) is 0 Å². The Bertz CT molecular complexity index is 334. The number of halogens is 1. The van der Waals surface area contributed by atoms with Gasteiger partial charge in [0.05, 0.1) is 13.0 Å². The molecule has 0 aromatic heterocycles. The summed E-state index contributed by atoms with van der Waals surface area (Å²) >= 11 is 5.97. The molecular formula is C11H13ClO2. The number of hydrogen-bond donors (Lipinski definition) is 0. The highest BCUT2D eigenvalue weighted by Crippen LogP contribution is 2.18. The van der Waals surface area contributed by atoms with Gasteiger partial charge in [-0.15, -0.1) is 0 Å². The molecule has 1 aromatic carbocycles. The Hall–Kier alpha value is -1.02. The first-order valence-corrected chi connectivity index (χ1v) is 4.92. The molecule has 76 valence electrons. The van der Waals surface area contributed by atoms with Gasteiger partial charge < -0.3 is 4.74 Å². The molecule has 0 aliphatic heterocycles. The van der Waals surface area contributed by atoms with Gasteiger partial charge in [-0.05, 0) is 31.0 Å². The molecule has 0 bridgehead atoms. The fraction of sp³-hybridized carbons (Fsp3) is 0.364. The van der Waals surface area contributed by atoms with Crippen LogP contribution in [0.15, 0.2) is 18.2 Å². The van der Waals surface area contributed by atoms with Crippen LogP contribution in [-0.2, 0) is 16.0 Å². The van der Waals surface area contributed by atoms with Gasteiger partial charge in [0.1, 0.15) is 0 Å². The standard InChI is InChI=1S/C11H13ClO2/c1-3-14-11(13)7-9-5-4-8(2)6-10(9)12/h4-6H,3,7H2,1-2H3. The van der Waals surface area contributed by atoms with Gasteiger partial charge in [0, 0.05) is 5.02 Å². The van der Waals surface area contributed by atoms with Gasteiger partial charge in [0.15, 0.2) is 0 Å². The average Bonchev–Trinajstić information content (AvgIpc) is 2.10. The van der Waals surface area contributed by atoms with Crippen molar-refractivity contribution in [1.29, 1.82) is 0 Å². The first kappa shape index (κ1) is 11.1. The topological polar surface area (TPSA) is 26.3 Å². The smallest absolute Gasteiger partial charge is 0.310 e. The lowest BCUT2D eigenvalue weighted by atomic mass is 10.1. The van der Waals surface area contributed by atoms with E-state index in [1.54, 1.807) is 6.92 Å². The second-order valence-corrected chi connectivity index (χ2v) is 3.48. The van der Waals surface area contributed by atoms with E-state index in [1.165, 1.54) is 0 Å². The predicted octanol–water partition coefficient (Wildman–Crippen LogP) is 2.75. The zero-order valence-electron chi connectivity index (χ0n) is 8.34. The number of aryl methyl sites for hydroxylation is 1. The van der Waals surface area contributed by atoms with Gasteiger partial charge in [0.25, 0.3) is 0 Å². The van der Waals surface area contributed by atoms with Crippen LogP contribution in [0.25, 0.3) is 0 Å². The summed E-state index contributed by atoms with van der Waals surface area (Å²) in [5, 5.41) is 0.623. The highest BCUT2D eigenvalue weighted by molar-refractivity contribution is 6.31. The van der Waals surface area contributed by atoms with Crippen LogP contribution in [-0.4, -0.2) is 12.6 Å². The number of hydrogen-bond acceptors (Lipinski definition) is 2. The molecule has 0 fully saturated rings. The number of ether oxygens (including phenoxy) is 1. The van der Waals surface area contributed by atoms with Crippen LogP contribution in [0.4, 0.5) is 0 Å². The van der Waals surface area contributed by atoms with Gasteiger partial charge in [0.2, 0.25) is 0 Å². The molecule has 0 atom stereocenters. The largest absolute Gasteiger partial charge is 0.466 e. The van der Waals surface area contributed by atoms with E-state index >= 15 is 0 Å². The van der Waals surface area contributed by atoms with Gasteiger partial charge in [-0.1, -0.05) is 23.7 Å². The number of carbonyl (C=O) groups is 1. The summed E-state index contributed by atoms with van der Waals surface area (Å²) in [7, 11) is 0. The molecule has 0 heterocycles. The first-order valence-electron chi connectivity index (χ1n) is 4.54. The van der Waals surface area contributed by atoms with Gasteiger partial charge in [-0.25, -0.2) is 0 Å². The zero-order valence-corrected chi connectivity index (χ0v) is 9.10. The second kappa shape index (κ2) is 5.01. The Balaban J connectivity index is 2.72.